The second-order valence-electron chi connectivity index (χ2n) is 20.7. The van der Waals surface area contributed by atoms with Crippen molar-refractivity contribution in [1.82, 2.24) is 25.8 Å². The van der Waals surface area contributed by atoms with E-state index in [1.165, 1.54) is 4.90 Å². The summed E-state index contributed by atoms with van der Waals surface area (Å²) in [6, 6.07) is 27.4. The number of carbonyl (C=O) groups excluding carboxylic acids is 4. The maximum absolute atomic E-state index is 14.1. The van der Waals surface area contributed by atoms with E-state index in [0.29, 0.717) is 27.6 Å². The maximum Gasteiger partial charge on any atom is 0.251 e. The molecule has 0 radical (unpaired) electrons. The number of halogens is 1. The van der Waals surface area contributed by atoms with Gasteiger partial charge < -0.3 is 40.2 Å². The molecule has 2 aliphatic rings. The van der Waals surface area contributed by atoms with E-state index in [1.54, 1.807) is 41.7 Å². The number of ether oxygens (including phenoxy) is 3. The van der Waals surface area contributed by atoms with E-state index in [-0.39, 0.29) is 62.8 Å². The molecule has 4 atom stereocenters. The Morgan fingerprint density at radius 3 is 2.11 bits per heavy atom. The number of nitrogens with zero attached hydrogens (tertiary/aromatic N) is 3. The van der Waals surface area contributed by atoms with Gasteiger partial charge in [0.1, 0.15) is 49.0 Å². The lowest BCUT2D eigenvalue weighted by Crippen LogP contribution is -2.74. The van der Waals surface area contributed by atoms with Crippen molar-refractivity contribution in [3.05, 3.63) is 124 Å². The second kappa shape index (κ2) is 21.6. The number of aromatic nitrogens is 1. The average molecular weight is 1000 g/mol. The number of aliphatic hydroxyl groups is 1. The van der Waals surface area contributed by atoms with E-state index in [2.05, 4.69) is 54.7 Å². The standard InChI is InChI=1S/C55H63ClN6O8S/c1-32(34-10-14-37(15-11-34)46-33(2)58-31-71-46)59-49(66)44-26-40(63)29-62(44)50(67)47(53(3,4)5)60-45(64)30-68-24-25-69-41-21-18-36(19-22-41)35-12-16-38(17-13-35)48(65)61-51-54(6,7)52(55(51,8)9)70-42-23-20-39(28-57)43(56)27-42/h10-23,27,31-32,40,44,47,51-52,63H,24-26,29-30H2,1-9H3,(H,59,66)(H,60,64)(H,61,65)/t32-,40+,44-,47?,51-,52-/m0/s1. The van der Waals surface area contributed by atoms with Gasteiger partial charge in [-0.3, -0.25) is 19.2 Å². The summed E-state index contributed by atoms with van der Waals surface area (Å²) in [5, 5.41) is 29.3. The zero-order chi connectivity index (χ0) is 51.4. The normalized spacial score (nSPS) is 19.9. The topological polar surface area (TPSA) is 192 Å². The molecule has 0 spiro atoms. The summed E-state index contributed by atoms with van der Waals surface area (Å²) in [5.74, 6) is -0.350. The summed E-state index contributed by atoms with van der Waals surface area (Å²) in [6.07, 6.45) is -1.03. The zero-order valence-corrected chi connectivity index (χ0v) is 43.2. The van der Waals surface area contributed by atoms with Crippen molar-refractivity contribution in [1.29, 1.82) is 5.26 Å². The lowest BCUT2D eigenvalue weighted by atomic mass is 9.49. The Hall–Kier alpha value is -6.31. The van der Waals surface area contributed by atoms with Gasteiger partial charge >= 0.3 is 0 Å². The molecule has 2 fully saturated rings. The van der Waals surface area contributed by atoms with Gasteiger partial charge in [0.25, 0.3) is 5.91 Å². The zero-order valence-electron chi connectivity index (χ0n) is 41.7. The fourth-order valence-electron chi connectivity index (χ4n) is 9.97. The number of aryl methyl sites for hydroxylation is 1. The van der Waals surface area contributed by atoms with E-state index in [1.807, 2.05) is 101 Å². The van der Waals surface area contributed by atoms with Crippen LogP contribution in [0.15, 0.2) is 96.5 Å². The third-order valence-electron chi connectivity index (χ3n) is 13.6. The van der Waals surface area contributed by atoms with Crippen LogP contribution >= 0.6 is 22.9 Å². The third kappa shape index (κ3) is 11.9. The van der Waals surface area contributed by atoms with Gasteiger partial charge in [0.05, 0.1) is 45.4 Å². The second-order valence-corrected chi connectivity index (χ2v) is 21.9. The molecule has 2 heterocycles. The number of aliphatic hydroxyl groups excluding tert-OH is 1. The highest BCUT2D eigenvalue weighted by molar-refractivity contribution is 7.13. The number of benzene rings is 4. The SMILES string of the molecule is Cc1ncsc1-c1ccc([C@H](C)NC(=O)[C@@H]2C[C@@H](O)CN2C(=O)C(NC(=O)COCCOc2ccc(-c3ccc(C(=O)N[C@H]4C(C)(C)[C@H](Oc5ccc(C#N)c(Cl)c5)C4(C)C)cc3)cc2)C(C)(C)C)cc1. The van der Waals surface area contributed by atoms with Crippen LogP contribution in [0, 0.1) is 34.5 Å². The molecule has 1 aliphatic carbocycles. The number of hydrogen-bond donors (Lipinski definition) is 4. The molecular weight excluding hydrogens is 940 g/mol. The van der Waals surface area contributed by atoms with Gasteiger partial charge in [-0.15, -0.1) is 11.3 Å². The Bertz CT molecular complexity index is 2750. The highest BCUT2D eigenvalue weighted by Crippen LogP contribution is 2.55. The molecule has 5 aromatic rings. The van der Waals surface area contributed by atoms with Crippen LogP contribution in [0.25, 0.3) is 21.6 Å². The highest BCUT2D eigenvalue weighted by Gasteiger charge is 2.64. The predicted molar refractivity (Wildman–Crippen MR) is 274 cm³/mol. The van der Waals surface area contributed by atoms with E-state index >= 15 is 0 Å². The first kappa shape index (κ1) is 52.5. The molecule has 1 saturated carbocycles. The molecule has 71 heavy (non-hydrogen) atoms. The summed E-state index contributed by atoms with van der Waals surface area (Å²) < 4.78 is 17.9. The molecule has 1 unspecified atom stereocenters. The molecule has 4 amide bonds. The minimum absolute atomic E-state index is 0.0341. The van der Waals surface area contributed by atoms with Crippen LogP contribution in [0.2, 0.25) is 5.02 Å². The van der Waals surface area contributed by atoms with Gasteiger partial charge in [-0.1, -0.05) is 109 Å². The van der Waals surface area contributed by atoms with Crippen LogP contribution in [0.1, 0.15) is 95.0 Å². The van der Waals surface area contributed by atoms with Crippen LogP contribution in [0.4, 0.5) is 0 Å². The molecule has 0 bridgehead atoms. The van der Waals surface area contributed by atoms with Crippen LogP contribution in [0.5, 0.6) is 11.5 Å². The number of likely N-dealkylation sites (tertiary alicyclic amines) is 1. The third-order valence-corrected chi connectivity index (χ3v) is 14.8. The molecule has 1 saturated heterocycles. The summed E-state index contributed by atoms with van der Waals surface area (Å²) >= 11 is 7.82. The van der Waals surface area contributed by atoms with Crippen molar-refractivity contribution in [2.24, 2.45) is 16.2 Å². The molecule has 4 N–H and O–H groups in total. The lowest BCUT2D eigenvalue weighted by Gasteiger charge is -2.63. The molecule has 14 nitrogen and oxygen atoms in total. The fraction of sp³-hybridized carbons (Fsp3) is 0.418. The number of β-amino-alcohol motifs (C(OH)–C–C–N with tert-alkyl or cyclic N) is 1. The number of nitriles is 1. The summed E-state index contributed by atoms with van der Waals surface area (Å²) in [4.78, 5) is 61.2. The Morgan fingerprint density at radius 1 is 0.901 bits per heavy atom. The first-order valence-electron chi connectivity index (χ1n) is 23.8. The monoisotopic (exact) mass is 1000 g/mol. The molecular formula is C55H63ClN6O8S. The maximum atomic E-state index is 14.1. The molecule has 4 aromatic carbocycles. The van der Waals surface area contributed by atoms with E-state index < -0.39 is 46.2 Å². The number of rotatable bonds is 17. The van der Waals surface area contributed by atoms with Crippen molar-refractivity contribution >= 4 is 46.6 Å². The highest BCUT2D eigenvalue weighted by atomic mass is 35.5. The van der Waals surface area contributed by atoms with E-state index in [4.69, 9.17) is 25.8 Å². The van der Waals surface area contributed by atoms with E-state index in [9.17, 15) is 29.5 Å². The number of amides is 4. The summed E-state index contributed by atoms with van der Waals surface area (Å²) in [5.41, 5.74) is 5.94. The van der Waals surface area contributed by atoms with Gasteiger partial charge in [0.2, 0.25) is 17.7 Å². The Kier molecular flexibility index (Phi) is 16.0. The van der Waals surface area contributed by atoms with Crippen LogP contribution in [0.3, 0.4) is 0 Å². The summed E-state index contributed by atoms with van der Waals surface area (Å²) in [6.45, 7) is 17.5. The van der Waals surface area contributed by atoms with Crippen molar-refractivity contribution in [2.45, 2.75) is 105 Å². The lowest BCUT2D eigenvalue weighted by molar-refractivity contribution is -0.164. The number of thiazole rings is 1. The Balaban J connectivity index is 0.847. The molecule has 1 aliphatic heterocycles. The van der Waals surface area contributed by atoms with Gasteiger partial charge in [0.15, 0.2) is 0 Å². The predicted octanol–water partition coefficient (Wildman–Crippen LogP) is 8.69. The van der Waals surface area contributed by atoms with Gasteiger partial charge in [0, 0.05) is 41.5 Å². The van der Waals surface area contributed by atoms with Gasteiger partial charge in [-0.25, -0.2) is 4.98 Å². The van der Waals surface area contributed by atoms with Crippen molar-refractivity contribution in [3.63, 3.8) is 0 Å². The first-order valence-corrected chi connectivity index (χ1v) is 25.0. The molecule has 16 heteroatoms. The summed E-state index contributed by atoms with van der Waals surface area (Å²) in [7, 11) is 0. The smallest absolute Gasteiger partial charge is 0.251 e. The Labute approximate surface area is 425 Å². The quantitative estimate of drug-likeness (QED) is 0.0656. The Morgan fingerprint density at radius 2 is 1.52 bits per heavy atom. The largest absolute Gasteiger partial charge is 0.491 e. The van der Waals surface area contributed by atoms with E-state index in [0.717, 1.165) is 32.8 Å². The first-order chi connectivity index (χ1) is 33.6. The van der Waals surface area contributed by atoms with Crippen molar-refractivity contribution in [3.8, 4) is 39.1 Å². The van der Waals surface area contributed by atoms with Crippen LogP contribution < -0.4 is 25.4 Å². The fourth-order valence-corrected chi connectivity index (χ4v) is 11.0. The number of hydrogen-bond acceptors (Lipinski definition) is 11. The number of nitrogens with one attached hydrogen (secondary N) is 3. The minimum atomic E-state index is -0.993. The van der Waals surface area contributed by atoms with Crippen molar-refractivity contribution < 1.29 is 38.5 Å². The minimum Gasteiger partial charge on any atom is -0.491 e. The number of carbonyl (C=O) groups is 4. The molecule has 374 valence electrons. The van der Waals surface area contributed by atoms with Gasteiger partial charge in [-0.05, 0) is 77.9 Å². The van der Waals surface area contributed by atoms with Crippen molar-refractivity contribution in [2.75, 3.05) is 26.4 Å². The average Bonchev–Trinajstić information content (AvgIpc) is 3.96. The molecule has 1 aromatic heterocycles. The van der Waals surface area contributed by atoms with Gasteiger partial charge in [-0.2, -0.15) is 5.26 Å². The van der Waals surface area contributed by atoms with Crippen LogP contribution in [-0.4, -0.2) is 95.3 Å². The van der Waals surface area contributed by atoms with Crippen LogP contribution in [-0.2, 0) is 19.1 Å². The molecule has 7 rings (SSSR count).